The fourth-order valence-corrected chi connectivity index (χ4v) is 7.76. The van der Waals surface area contributed by atoms with E-state index in [9.17, 15) is 49.5 Å². The minimum atomic E-state index is -1.87. The van der Waals surface area contributed by atoms with Crippen LogP contribution < -0.4 is 32.3 Å². The van der Waals surface area contributed by atoms with Gasteiger partial charge in [0.1, 0.15) is 64.3 Å². The summed E-state index contributed by atoms with van der Waals surface area (Å²) < 4.78 is 46.5. The van der Waals surface area contributed by atoms with E-state index in [0.717, 1.165) is 4.90 Å². The van der Waals surface area contributed by atoms with Crippen molar-refractivity contribution in [3.63, 3.8) is 0 Å². The second-order valence-electron chi connectivity index (χ2n) is 22.2. The van der Waals surface area contributed by atoms with Crippen molar-refractivity contribution in [2.45, 2.75) is 211 Å². The molecule has 25 heteroatoms. The number of nitrogens with one attached hydrogen (secondary N) is 5. The highest BCUT2D eigenvalue weighted by Gasteiger charge is 2.55. The minimum Gasteiger partial charge on any atom is -0.467 e. The summed E-state index contributed by atoms with van der Waals surface area (Å²) in [6, 6.07) is -4.75. The molecule has 0 aromatic heterocycles. The van der Waals surface area contributed by atoms with Crippen LogP contribution in [0.5, 0.6) is 0 Å². The molecule has 71 heavy (non-hydrogen) atoms. The first kappa shape index (κ1) is 61.0. The summed E-state index contributed by atoms with van der Waals surface area (Å²) in [6.45, 7) is 20.2. The molecule has 1 saturated carbocycles. The van der Waals surface area contributed by atoms with E-state index in [1.165, 1.54) is 14.0 Å². The van der Waals surface area contributed by atoms with E-state index in [1.807, 2.05) is 0 Å². The summed E-state index contributed by atoms with van der Waals surface area (Å²) in [5.41, 5.74) is 0.574. The SMILES string of the molecule is CN(C(=O)OC(C)(C)C)[C@@H]1[C@@H](O)[C@@H](O[C@@H]2[C@@H](O)[C@H](O[C@H]3OC(CN)=CC[C@H]3NCC(O)CNC(=O)OC(C)(C)C)[C@@H](NC(=O)OC(C)(C)C)C[C@H]2NC(=O)[C@@H](O)CCNC(=O)OC(C)(C)C)OC[C@]1(C)O. The van der Waals surface area contributed by atoms with Crippen LogP contribution in [0.25, 0.3) is 0 Å². The molecule has 0 aromatic rings. The predicted octanol–water partition coefficient (Wildman–Crippen LogP) is 0.312. The quantitative estimate of drug-likeness (QED) is 0.0874. The summed E-state index contributed by atoms with van der Waals surface area (Å²) in [5.74, 6) is -0.675. The van der Waals surface area contributed by atoms with Gasteiger partial charge in [-0.15, -0.1) is 0 Å². The van der Waals surface area contributed by atoms with E-state index in [4.69, 9.17) is 43.6 Å². The number of rotatable bonds is 17. The van der Waals surface area contributed by atoms with Crippen LogP contribution in [0.4, 0.5) is 19.2 Å². The number of alkyl carbamates (subject to hydrolysis) is 3. The molecule has 13 atom stereocenters. The molecule has 3 aliphatic rings. The summed E-state index contributed by atoms with van der Waals surface area (Å²) in [6.07, 6.45) is -14.7. The highest BCUT2D eigenvalue weighted by molar-refractivity contribution is 5.81. The lowest BCUT2D eigenvalue weighted by Crippen LogP contribution is -2.71. The maximum absolute atomic E-state index is 13.8. The van der Waals surface area contributed by atoms with E-state index >= 15 is 0 Å². The summed E-state index contributed by atoms with van der Waals surface area (Å²) in [7, 11) is 1.31. The van der Waals surface area contributed by atoms with Gasteiger partial charge in [0.2, 0.25) is 12.2 Å². The van der Waals surface area contributed by atoms with Gasteiger partial charge in [0.05, 0.1) is 43.4 Å². The second-order valence-corrected chi connectivity index (χ2v) is 22.2. The Labute approximate surface area is 416 Å². The van der Waals surface area contributed by atoms with E-state index in [-0.39, 0.29) is 45.4 Å². The maximum atomic E-state index is 13.8. The molecule has 12 N–H and O–H groups in total. The molecule has 2 fully saturated rings. The lowest BCUT2D eigenvalue weighted by Gasteiger charge is -2.50. The van der Waals surface area contributed by atoms with Gasteiger partial charge in [0.25, 0.3) is 0 Å². The van der Waals surface area contributed by atoms with Crippen molar-refractivity contribution in [2.24, 2.45) is 5.73 Å². The zero-order chi connectivity index (χ0) is 54.0. The second kappa shape index (κ2) is 25.1. The average molecular weight is 1020 g/mol. The van der Waals surface area contributed by atoms with Crippen LogP contribution in [0.3, 0.4) is 0 Å². The summed E-state index contributed by atoms with van der Waals surface area (Å²) in [4.78, 5) is 66.1. The Morgan fingerprint density at radius 2 is 1.28 bits per heavy atom. The van der Waals surface area contributed by atoms with E-state index < -0.39 is 138 Å². The van der Waals surface area contributed by atoms with Crippen LogP contribution in [0, 0.1) is 0 Å². The van der Waals surface area contributed by atoms with Crippen molar-refractivity contribution >= 4 is 30.3 Å². The van der Waals surface area contributed by atoms with Crippen molar-refractivity contribution < 1.29 is 87.4 Å². The molecule has 3 rings (SSSR count). The van der Waals surface area contributed by atoms with Crippen molar-refractivity contribution in [3.05, 3.63) is 11.8 Å². The Morgan fingerprint density at radius 1 is 0.761 bits per heavy atom. The lowest BCUT2D eigenvalue weighted by atomic mass is 9.82. The number of ether oxygens (including phenoxy) is 8. The van der Waals surface area contributed by atoms with E-state index in [1.54, 1.807) is 89.2 Å². The molecular weight excluding hydrogens is 939 g/mol. The first-order valence-corrected chi connectivity index (χ1v) is 23.8. The smallest absolute Gasteiger partial charge is 0.410 e. The number of carbonyl (C=O) groups excluding carboxylic acids is 5. The van der Waals surface area contributed by atoms with Crippen LogP contribution >= 0.6 is 0 Å². The molecule has 2 heterocycles. The standard InChI is InChI=1S/C46H83N7O18/c1-42(2,3)68-38(59)48-18-17-29(55)35(58)51-27-19-28(52-40(61)70-44(7,8)9)33(66-36-26(16-15-25(20-47)65-36)49-21-24(54)22-50-39(60)69-43(4,5)6)30(56)32(27)67-37-31(57)34(46(13,63)23-64-37)53(14)41(62)71-45(10,11)12/h15,24,26-34,36-37,49,54-57,63H,16-23,47H2,1-14H3,(H,48,59)(H,50,60)(H,51,58)(H,52,61)/t24?,26-,27-,28+,29+,30-,31-,32+,33-,34-,36-,37-,46+/m1/s1. The Morgan fingerprint density at radius 3 is 1.83 bits per heavy atom. The molecule has 1 aliphatic carbocycles. The molecule has 25 nitrogen and oxygen atoms in total. The van der Waals surface area contributed by atoms with Crippen LogP contribution in [0.15, 0.2) is 11.8 Å². The van der Waals surface area contributed by atoms with Crippen molar-refractivity contribution in [1.82, 2.24) is 31.5 Å². The molecule has 0 aromatic carbocycles. The van der Waals surface area contributed by atoms with Gasteiger partial charge >= 0.3 is 24.4 Å². The van der Waals surface area contributed by atoms with Gasteiger partial charge in [-0.25, -0.2) is 19.2 Å². The zero-order valence-corrected chi connectivity index (χ0v) is 43.7. The third-order valence-electron chi connectivity index (χ3n) is 10.7. The molecule has 0 radical (unpaired) electrons. The number of likely N-dealkylation sites (N-methyl/N-ethyl adjacent to an activating group) is 1. The normalized spacial score (nSPS) is 29.2. The van der Waals surface area contributed by atoms with Gasteiger partial charge in [-0.05, 0) is 115 Å². The average Bonchev–Trinajstić information content (AvgIpc) is 3.20. The summed E-state index contributed by atoms with van der Waals surface area (Å²) in [5, 5.41) is 71.2. The third-order valence-corrected chi connectivity index (χ3v) is 10.7. The van der Waals surface area contributed by atoms with Crippen molar-refractivity contribution in [2.75, 3.05) is 39.8 Å². The van der Waals surface area contributed by atoms with Gasteiger partial charge in [-0.2, -0.15) is 0 Å². The Balaban J connectivity index is 2.04. The van der Waals surface area contributed by atoms with Crippen LogP contribution in [0.1, 0.15) is 109 Å². The largest absolute Gasteiger partial charge is 0.467 e. The fraction of sp³-hybridized carbons (Fsp3) is 0.848. The van der Waals surface area contributed by atoms with Crippen LogP contribution in [-0.2, 0) is 42.7 Å². The summed E-state index contributed by atoms with van der Waals surface area (Å²) >= 11 is 0. The van der Waals surface area contributed by atoms with E-state index in [0.29, 0.717) is 5.76 Å². The molecule has 2 aliphatic heterocycles. The minimum absolute atomic E-state index is 0.0587. The van der Waals surface area contributed by atoms with Crippen molar-refractivity contribution in [1.29, 1.82) is 0 Å². The third kappa shape index (κ3) is 20.3. The number of aliphatic hydroxyl groups excluding tert-OH is 4. The number of amides is 5. The van der Waals surface area contributed by atoms with Crippen LogP contribution in [-0.4, -0.2) is 202 Å². The van der Waals surface area contributed by atoms with Gasteiger partial charge in [0, 0.05) is 26.7 Å². The number of aliphatic hydroxyl groups is 5. The van der Waals surface area contributed by atoms with Crippen LogP contribution in [0.2, 0.25) is 0 Å². The Hall–Kier alpha value is -4.31. The Kier molecular flexibility index (Phi) is 21.5. The Bertz CT molecular complexity index is 1810. The molecule has 0 bridgehead atoms. The molecule has 410 valence electrons. The number of nitrogens with two attached hydrogens (primary N) is 1. The number of nitrogens with zero attached hydrogens (tertiary/aromatic N) is 1. The lowest BCUT2D eigenvalue weighted by molar-refractivity contribution is -0.311. The fourth-order valence-electron chi connectivity index (χ4n) is 7.76. The van der Waals surface area contributed by atoms with E-state index in [2.05, 4.69) is 26.6 Å². The van der Waals surface area contributed by atoms with Crippen molar-refractivity contribution in [3.8, 4) is 0 Å². The van der Waals surface area contributed by atoms with Gasteiger partial charge in [-0.1, -0.05) is 0 Å². The highest BCUT2D eigenvalue weighted by atomic mass is 16.7. The first-order chi connectivity index (χ1) is 32.5. The molecule has 5 amide bonds. The highest BCUT2D eigenvalue weighted by Crippen LogP contribution is 2.35. The number of hydrogen-bond donors (Lipinski definition) is 11. The number of carbonyl (C=O) groups is 5. The van der Waals surface area contributed by atoms with Gasteiger partial charge in [-0.3, -0.25) is 4.79 Å². The predicted molar refractivity (Wildman–Crippen MR) is 253 cm³/mol. The maximum Gasteiger partial charge on any atom is 0.410 e. The molecule has 1 saturated heterocycles. The molecular formula is C46H83N7O18. The molecule has 0 spiro atoms. The first-order valence-electron chi connectivity index (χ1n) is 23.8. The zero-order valence-electron chi connectivity index (χ0n) is 43.7. The van der Waals surface area contributed by atoms with Gasteiger partial charge in [0.15, 0.2) is 6.29 Å². The van der Waals surface area contributed by atoms with Gasteiger partial charge < -0.3 is 101 Å². The molecule has 1 unspecified atom stereocenters. The topological polar surface area (TPSA) is 350 Å². The monoisotopic (exact) mass is 1020 g/mol. The number of hydrogen-bond acceptors (Lipinski definition) is 20.